The van der Waals surface area contributed by atoms with Crippen molar-refractivity contribution in [3.05, 3.63) is 65.5 Å². The molecule has 0 heterocycles. The van der Waals surface area contributed by atoms with E-state index in [0.717, 1.165) is 0 Å². The molecule has 0 aromatic heterocycles. The second-order valence-corrected chi connectivity index (χ2v) is 6.36. The zero-order valence-corrected chi connectivity index (χ0v) is 16.8. The Kier molecular flexibility index (Phi) is 9.30. The Morgan fingerprint density at radius 1 is 0.967 bits per heavy atom. The van der Waals surface area contributed by atoms with E-state index in [1.165, 1.54) is 30.3 Å². The van der Waals surface area contributed by atoms with Gasteiger partial charge in [0.2, 0.25) is 5.91 Å². The van der Waals surface area contributed by atoms with Gasteiger partial charge in [0.15, 0.2) is 0 Å². The molecule has 2 amide bonds. The van der Waals surface area contributed by atoms with Crippen LogP contribution in [0.4, 0.5) is 9.18 Å². The standard InChI is InChI=1S/C22H25FN2O5/c1-2-29-22(28)30-18-11-8-17(9-12-18)21(27)25-15-5-14-24-20(26)13-10-16-6-3-4-7-19(16)23/h3-4,6-9,11-12H,2,5,10,13-15H2,1H3,(H,24,26)(H,25,27). The summed E-state index contributed by atoms with van der Waals surface area (Å²) in [5, 5.41) is 5.50. The first-order valence-electron chi connectivity index (χ1n) is 9.72. The molecule has 160 valence electrons. The van der Waals surface area contributed by atoms with Crippen molar-refractivity contribution in [2.45, 2.75) is 26.2 Å². The highest BCUT2D eigenvalue weighted by Gasteiger charge is 2.09. The summed E-state index contributed by atoms with van der Waals surface area (Å²) in [6.07, 6.45) is 0.297. The number of nitrogens with one attached hydrogen (secondary N) is 2. The van der Waals surface area contributed by atoms with Crippen LogP contribution in [-0.2, 0) is 16.0 Å². The summed E-state index contributed by atoms with van der Waals surface area (Å²) in [5.74, 6) is -0.470. The summed E-state index contributed by atoms with van der Waals surface area (Å²) in [6, 6.07) is 12.5. The first kappa shape index (κ1) is 22.9. The molecule has 0 spiro atoms. The molecule has 2 aromatic rings. The van der Waals surface area contributed by atoms with E-state index in [-0.39, 0.29) is 36.4 Å². The van der Waals surface area contributed by atoms with Crippen LogP contribution < -0.4 is 15.4 Å². The van der Waals surface area contributed by atoms with Crippen molar-refractivity contribution in [2.75, 3.05) is 19.7 Å². The van der Waals surface area contributed by atoms with Crippen LogP contribution in [0.5, 0.6) is 5.75 Å². The number of hydrogen-bond acceptors (Lipinski definition) is 5. The quantitative estimate of drug-likeness (QED) is 0.352. The fourth-order valence-electron chi connectivity index (χ4n) is 2.58. The highest BCUT2D eigenvalue weighted by molar-refractivity contribution is 5.94. The Bertz CT molecular complexity index is 855. The van der Waals surface area contributed by atoms with Crippen LogP contribution in [0.2, 0.25) is 0 Å². The second kappa shape index (κ2) is 12.2. The van der Waals surface area contributed by atoms with E-state index in [4.69, 9.17) is 4.74 Å². The predicted molar refractivity (Wildman–Crippen MR) is 109 cm³/mol. The molecular weight excluding hydrogens is 391 g/mol. The van der Waals surface area contributed by atoms with Gasteiger partial charge >= 0.3 is 6.16 Å². The van der Waals surface area contributed by atoms with E-state index in [1.807, 2.05) is 0 Å². The minimum absolute atomic E-state index is 0.165. The fraction of sp³-hybridized carbons (Fsp3) is 0.318. The third-order valence-corrected chi connectivity index (χ3v) is 4.12. The van der Waals surface area contributed by atoms with E-state index < -0.39 is 6.16 Å². The number of carbonyl (C=O) groups excluding carboxylic acids is 3. The molecule has 0 aliphatic rings. The summed E-state index contributed by atoms with van der Waals surface area (Å²) in [7, 11) is 0. The molecule has 0 unspecified atom stereocenters. The number of hydrogen-bond donors (Lipinski definition) is 2. The largest absolute Gasteiger partial charge is 0.513 e. The molecule has 30 heavy (non-hydrogen) atoms. The zero-order chi connectivity index (χ0) is 21.8. The van der Waals surface area contributed by atoms with Crippen LogP contribution in [0.15, 0.2) is 48.5 Å². The highest BCUT2D eigenvalue weighted by atomic mass is 19.1. The van der Waals surface area contributed by atoms with Crippen molar-refractivity contribution >= 4 is 18.0 Å². The summed E-state index contributed by atoms with van der Waals surface area (Å²) in [6.45, 7) is 2.67. The van der Waals surface area contributed by atoms with Crippen LogP contribution in [-0.4, -0.2) is 37.7 Å². The second-order valence-electron chi connectivity index (χ2n) is 6.36. The van der Waals surface area contributed by atoms with Crippen LogP contribution in [0.25, 0.3) is 0 Å². The zero-order valence-electron chi connectivity index (χ0n) is 16.8. The van der Waals surface area contributed by atoms with Crippen LogP contribution in [0, 0.1) is 5.82 Å². The molecule has 0 saturated carbocycles. The lowest BCUT2D eigenvalue weighted by molar-refractivity contribution is -0.121. The number of halogens is 1. The Hall–Kier alpha value is -3.42. The third-order valence-electron chi connectivity index (χ3n) is 4.12. The van der Waals surface area contributed by atoms with Gasteiger partial charge in [0, 0.05) is 25.1 Å². The highest BCUT2D eigenvalue weighted by Crippen LogP contribution is 2.13. The van der Waals surface area contributed by atoms with Crippen molar-refractivity contribution in [1.29, 1.82) is 0 Å². The topological polar surface area (TPSA) is 93.7 Å². The molecule has 2 rings (SSSR count). The van der Waals surface area contributed by atoms with E-state index in [9.17, 15) is 18.8 Å². The smallest absolute Gasteiger partial charge is 0.434 e. The molecule has 8 heteroatoms. The predicted octanol–water partition coefficient (Wildman–Crippen LogP) is 3.23. The van der Waals surface area contributed by atoms with Crippen molar-refractivity contribution in [2.24, 2.45) is 0 Å². The van der Waals surface area contributed by atoms with Crippen molar-refractivity contribution in [3.8, 4) is 5.75 Å². The summed E-state index contributed by atoms with van der Waals surface area (Å²) < 4.78 is 23.1. The van der Waals surface area contributed by atoms with Gasteiger partial charge < -0.3 is 20.1 Å². The van der Waals surface area contributed by atoms with Gasteiger partial charge in [-0.15, -0.1) is 0 Å². The lowest BCUT2D eigenvalue weighted by atomic mass is 10.1. The van der Waals surface area contributed by atoms with Gasteiger partial charge in [-0.05, 0) is 55.7 Å². The van der Waals surface area contributed by atoms with Crippen molar-refractivity contribution in [1.82, 2.24) is 10.6 Å². The number of aryl methyl sites for hydroxylation is 1. The Balaban J connectivity index is 1.62. The molecule has 0 aliphatic heterocycles. The van der Waals surface area contributed by atoms with E-state index in [2.05, 4.69) is 15.4 Å². The number of amides is 2. The molecule has 0 fully saturated rings. The van der Waals surface area contributed by atoms with E-state index in [0.29, 0.717) is 37.1 Å². The number of ether oxygens (including phenoxy) is 2. The lowest BCUT2D eigenvalue weighted by Crippen LogP contribution is -2.30. The van der Waals surface area contributed by atoms with E-state index >= 15 is 0 Å². The first-order valence-corrected chi connectivity index (χ1v) is 9.72. The molecule has 0 bridgehead atoms. The summed E-state index contributed by atoms with van der Waals surface area (Å²) in [4.78, 5) is 35.2. The maximum absolute atomic E-state index is 13.5. The number of rotatable bonds is 10. The minimum atomic E-state index is -0.800. The van der Waals surface area contributed by atoms with Crippen LogP contribution in [0.3, 0.4) is 0 Å². The maximum Gasteiger partial charge on any atom is 0.513 e. The number of carbonyl (C=O) groups is 3. The molecule has 0 atom stereocenters. The van der Waals surface area contributed by atoms with Gasteiger partial charge in [-0.1, -0.05) is 18.2 Å². The van der Waals surface area contributed by atoms with Gasteiger partial charge in [0.05, 0.1) is 6.61 Å². The van der Waals surface area contributed by atoms with Crippen LogP contribution >= 0.6 is 0 Å². The van der Waals surface area contributed by atoms with Crippen molar-refractivity contribution in [3.63, 3.8) is 0 Å². The molecule has 7 nitrogen and oxygen atoms in total. The average molecular weight is 416 g/mol. The normalized spacial score (nSPS) is 10.2. The van der Waals surface area contributed by atoms with Gasteiger partial charge in [0.25, 0.3) is 5.91 Å². The SMILES string of the molecule is CCOC(=O)Oc1ccc(C(=O)NCCCNC(=O)CCc2ccccc2F)cc1. The average Bonchev–Trinajstić information content (AvgIpc) is 2.73. The third kappa shape index (κ3) is 7.90. The molecular formula is C22H25FN2O5. The summed E-state index contributed by atoms with van der Waals surface area (Å²) >= 11 is 0. The van der Waals surface area contributed by atoms with E-state index in [1.54, 1.807) is 25.1 Å². The molecule has 0 aliphatic carbocycles. The van der Waals surface area contributed by atoms with Crippen LogP contribution in [0.1, 0.15) is 35.7 Å². The van der Waals surface area contributed by atoms with Gasteiger partial charge in [-0.25, -0.2) is 9.18 Å². The fourth-order valence-corrected chi connectivity index (χ4v) is 2.58. The molecule has 0 radical (unpaired) electrons. The Labute approximate surface area is 174 Å². The molecule has 2 N–H and O–H groups in total. The first-order chi connectivity index (χ1) is 14.5. The molecule has 2 aromatic carbocycles. The molecule has 0 saturated heterocycles. The Morgan fingerprint density at radius 2 is 1.67 bits per heavy atom. The van der Waals surface area contributed by atoms with Crippen molar-refractivity contribution < 1.29 is 28.2 Å². The monoisotopic (exact) mass is 416 g/mol. The van der Waals surface area contributed by atoms with Gasteiger partial charge in [-0.3, -0.25) is 9.59 Å². The maximum atomic E-state index is 13.5. The lowest BCUT2D eigenvalue weighted by Gasteiger charge is -2.08. The van der Waals surface area contributed by atoms with Gasteiger partial charge in [-0.2, -0.15) is 0 Å². The Morgan fingerprint density at radius 3 is 2.37 bits per heavy atom. The van der Waals surface area contributed by atoms with Gasteiger partial charge in [0.1, 0.15) is 11.6 Å². The number of benzene rings is 2. The summed E-state index contributed by atoms with van der Waals surface area (Å²) in [5.41, 5.74) is 0.929. The minimum Gasteiger partial charge on any atom is -0.434 e.